The maximum Gasteiger partial charge on any atom is 0.345 e. The molecule has 0 bridgehead atoms. The van der Waals surface area contributed by atoms with E-state index in [1.54, 1.807) is 12.1 Å². The Morgan fingerprint density at radius 3 is 2.42 bits per heavy atom. The predicted molar refractivity (Wildman–Crippen MR) is 132 cm³/mol. The standard InChI is InChI=1S/C23H16Cl2F5N9O/c24-14-2-4-17(38-10-18(25)35-36-38)19(20(14)26)12-1-3-15(31-7-12)16(5-6-40-23(29)30)37-9-13(8-33-37)21-32-11-34-39(21)22(27)28/h1-4,7-11,16,22-23H,5-6H2. The summed E-state index contributed by atoms with van der Waals surface area (Å²) in [5, 5.41) is 15.2. The van der Waals surface area contributed by atoms with Crippen LogP contribution in [-0.4, -0.2) is 57.7 Å². The number of nitrogens with zero attached hydrogens (tertiary/aromatic N) is 9. The van der Waals surface area contributed by atoms with E-state index in [-0.39, 0.29) is 45.8 Å². The van der Waals surface area contributed by atoms with Gasteiger partial charge in [0.25, 0.3) is 0 Å². The highest BCUT2D eigenvalue weighted by molar-refractivity contribution is 6.31. The van der Waals surface area contributed by atoms with E-state index >= 15 is 4.39 Å². The van der Waals surface area contributed by atoms with Gasteiger partial charge in [-0.2, -0.15) is 32.4 Å². The quantitative estimate of drug-likeness (QED) is 0.186. The lowest BCUT2D eigenvalue weighted by Crippen LogP contribution is -2.16. The molecule has 17 heteroatoms. The van der Waals surface area contributed by atoms with Crippen molar-refractivity contribution in [2.45, 2.75) is 25.6 Å². The fourth-order valence-corrected chi connectivity index (χ4v) is 4.31. The fraction of sp³-hybridized carbons (Fsp3) is 0.217. The largest absolute Gasteiger partial charge is 0.345 e. The van der Waals surface area contributed by atoms with E-state index in [1.807, 2.05) is 0 Å². The molecular formula is C23H16Cl2F5N9O. The first-order chi connectivity index (χ1) is 19.2. The summed E-state index contributed by atoms with van der Waals surface area (Å²) in [6.45, 7) is -6.30. The van der Waals surface area contributed by atoms with Crippen molar-refractivity contribution in [3.05, 3.63) is 77.1 Å². The third-order valence-corrected chi connectivity index (χ3v) is 6.24. The molecule has 1 atom stereocenters. The SMILES string of the molecule is Fc1c(Cl)ccc(-n2cc(Cl)nn2)c1-c1ccc(C(CCOC(F)F)n2cc(-c3ncnn3C(F)F)cn2)nc1. The van der Waals surface area contributed by atoms with Gasteiger partial charge < -0.3 is 4.74 Å². The molecule has 5 aromatic rings. The lowest BCUT2D eigenvalue weighted by atomic mass is 10.0. The third-order valence-electron chi connectivity index (χ3n) is 5.77. The molecule has 0 saturated carbocycles. The van der Waals surface area contributed by atoms with E-state index < -0.39 is 25.0 Å². The summed E-state index contributed by atoms with van der Waals surface area (Å²) in [4.78, 5) is 8.27. The summed E-state index contributed by atoms with van der Waals surface area (Å²) in [7, 11) is 0. The van der Waals surface area contributed by atoms with Crippen molar-refractivity contribution in [3.8, 4) is 28.2 Å². The number of halogens is 7. The molecule has 0 radical (unpaired) electrons. The summed E-state index contributed by atoms with van der Waals surface area (Å²) in [5.41, 5.74) is 1.24. The summed E-state index contributed by atoms with van der Waals surface area (Å²) >= 11 is 11.9. The lowest BCUT2D eigenvalue weighted by molar-refractivity contribution is -0.130. The first-order valence-corrected chi connectivity index (χ1v) is 12.1. The Labute approximate surface area is 231 Å². The second kappa shape index (κ2) is 11.7. The highest BCUT2D eigenvalue weighted by Gasteiger charge is 2.23. The topological polar surface area (TPSA) is 101 Å². The Bertz CT molecular complexity index is 1610. The highest BCUT2D eigenvalue weighted by atomic mass is 35.5. The molecule has 0 fully saturated rings. The first-order valence-electron chi connectivity index (χ1n) is 11.4. The van der Waals surface area contributed by atoms with Crippen LogP contribution in [0.15, 0.2) is 55.4 Å². The maximum atomic E-state index is 15.2. The second-order valence-corrected chi connectivity index (χ2v) is 8.96. The number of rotatable bonds is 10. The maximum absolute atomic E-state index is 15.2. The van der Waals surface area contributed by atoms with Gasteiger partial charge >= 0.3 is 13.2 Å². The van der Waals surface area contributed by atoms with Crippen LogP contribution in [0.1, 0.15) is 24.7 Å². The Morgan fingerprint density at radius 2 is 1.75 bits per heavy atom. The average molecular weight is 600 g/mol. The normalized spacial score (nSPS) is 12.5. The zero-order valence-electron chi connectivity index (χ0n) is 19.9. The molecule has 0 amide bonds. The van der Waals surface area contributed by atoms with Gasteiger partial charge in [-0.1, -0.05) is 34.5 Å². The number of benzene rings is 1. The Hall–Kier alpha value is -3.95. The van der Waals surface area contributed by atoms with E-state index in [2.05, 4.69) is 35.2 Å². The lowest BCUT2D eigenvalue weighted by Gasteiger charge is -2.18. The van der Waals surface area contributed by atoms with Crippen molar-refractivity contribution in [3.63, 3.8) is 0 Å². The minimum absolute atomic E-state index is 0.00637. The molecule has 5 rings (SSSR count). The van der Waals surface area contributed by atoms with Crippen molar-refractivity contribution < 1.29 is 26.7 Å². The number of ether oxygens (including phenoxy) is 1. The van der Waals surface area contributed by atoms with Gasteiger partial charge in [0.2, 0.25) is 0 Å². The van der Waals surface area contributed by atoms with Crippen molar-refractivity contribution in [2.75, 3.05) is 6.61 Å². The summed E-state index contributed by atoms with van der Waals surface area (Å²) in [6.07, 6.45) is 6.42. The second-order valence-electron chi connectivity index (χ2n) is 8.16. The predicted octanol–water partition coefficient (Wildman–Crippen LogP) is 5.84. The van der Waals surface area contributed by atoms with E-state index in [4.69, 9.17) is 23.2 Å². The van der Waals surface area contributed by atoms with Crippen LogP contribution < -0.4 is 0 Å². The molecule has 0 aliphatic carbocycles. The monoisotopic (exact) mass is 599 g/mol. The Morgan fingerprint density at radius 1 is 0.925 bits per heavy atom. The van der Waals surface area contributed by atoms with Crippen molar-refractivity contribution in [1.82, 2.24) is 44.5 Å². The van der Waals surface area contributed by atoms with Gasteiger partial charge in [-0.25, -0.2) is 14.1 Å². The molecule has 0 N–H and O–H groups in total. The van der Waals surface area contributed by atoms with Crippen LogP contribution in [0.5, 0.6) is 0 Å². The van der Waals surface area contributed by atoms with Gasteiger partial charge in [-0.3, -0.25) is 9.67 Å². The molecule has 4 aromatic heterocycles. The number of pyridine rings is 1. The van der Waals surface area contributed by atoms with E-state index in [0.717, 1.165) is 6.33 Å². The molecule has 1 aromatic carbocycles. The van der Waals surface area contributed by atoms with Gasteiger partial charge in [-0.05, 0) is 24.6 Å². The zero-order chi connectivity index (χ0) is 28.4. The molecule has 1 unspecified atom stereocenters. The van der Waals surface area contributed by atoms with Crippen LogP contribution in [0.2, 0.25) is 10.2 Å². The first kappa shape index (κ1) is 27.6. The summed E-state index contributed by atoms with van der Waals surface area (Å²) < 4.78 is 74.6. The number of alkyl halides is 4. The van der Waals surface area contributed by atoms with Crippen molar-refractivity contribution in [2.24, 2.45) is 0 Å². The van der Waals surface area contributed by atoms with E-state index in [9.17, 15) is 17.6 Å². The highest BCUT2D eigenvalue weighted by Crippen LogP contribution is 2.34. The van der Waals surface area contributed by atoms with E-state index in [0.29, 0.717) is 15.9 Å². The Balaban J connectivity index is 1.50. The molecule has 0 saturated heterocycles. The molecule has 0 aliphatic rings. The molecule has 0 spiro atoms. The van der Waals surface area contributed by atoms with Crippen LogP contribution in [-0.2, 0) is 4.74 Å². The number of aromatic nitrogens is 9. The van der Waals surface area contributed by atoms with Crippen molar-refractivity contribution in [1.29, 1.82) is 0 Å². The van der Waals surface area contributed by atoms with Gasteiger partial charge in [0, 0.05) is 23.5 Å². The number of hydrogen-bond acceptors (Lipinski definition) is 7. The summed E-state index contributed by atoms with van der Waals surface area (Å²) in [5.74, 6) is -0.869. The van der Waals surface area contributed by atoms with Gasteiger partial charge in [0.1, 0.15) is 6.33 Å². The third kappa shape index (κ3) is 5.66. The molecule has 10 nitrogen and oxygen atoms in total. The van der Waals surface area contributed by atoms with Crippen LogP contribution in [0.4, 0.5) is 22.0 Å². The van der Waals surface area contributed by atoms with Crippen LogP contribution in [0, 0.1) is 5.82 Å². The average Bonchev–Trinajstić information content (AvgIpc) is 3.69. The van der Waals surface area contributed by atoms with Gasteiger partial charge in [-0.15, -0.1) is 5.10 Å². The van der Waals surface area contributed by atoms with E-state index in [1.165, 1.54) is 46.3 Å². The van der Waals surface area contributed by atoms with Gasteiger partial charge in [0.15, 0.2) is 16.8 Å². The molecule has 0 aliphatic heterocycles. The Kier molecular flexibility index (Phi) is 8.04. The molecule has 208 valence electrons. The number of hydrogen-bond donors (Lipinski definition) is 0. The smallest absolute Gasteiger partial charge is 0.323 e. The minimum Gasteiger partial charge on any atom is -0.323 e. The zero-order valence-corrected chi connectivity index (χ0v) is 21.4. The van der Waals surface area contributed by atoms with Gasteiger partial charge in [0.05, 0.1) is 47.0 Å². The van der Waals surface area contributed by atoms with Crippen LogP contribution in [0.3, 0.4) is 0 Å². The minimum atomic E-state index is -3.00. The molecular weight excluding hydrogens is 584 g/mol. The van der Waals surface area contributed by atoms with Crippen LogP contribution in [0.25, 0.3) is 28.2 Å². The van der Waals surface area contributed by atoms with Crippen molar-refractivity contribution >= 4 is 23.2 Å². The van der Waals surface area contributed by atoms with Crippen LogP contribution >= 0.6 is 23.2 Å². The molecule has 40 heavy (non-hydrogen) atoms. The molecule has 4 heterocycles. The summed E-state index contributed by atoms with van der Waals surface area (Å²) in [6, 6.07) is 5.23. The fourth-order valence-electron chi connectivity index (χ4n) is 4.03.